The Hall–Kier alpha value is -7.96. The van der Waals surface area contributed by atoms with Crippen molar-refractivity contribution in [3.8, 4) is 45.0 Å². The summed E-state index contributed by atoms with van der Waals surface area (Å²) in [5.41, 5.74) is 14.4. The predicted octanol–water partition coefficient (Wildman–Crippen LogP) is 13.6. The second kappa shape index (κ2) is 14.0. The van der Waals surface area contributed by atoms with Crippen molar-refractivity contribution in [2.75, 3.05) is 4.90 Å². The Labute approximate surface area is 334 Å². The van der Waals surface area contributed by atoms with E-state index in [0.29, 0.717) is 5.89 Å². The maximum absolute atomic E-state index is 6.11. The Bertz CT molecular complexity index is 3250. The Morgan fingerprint density at radius 2 is 1.07 bits per heavy atom. The smallest absolute Gasteiger partial charge is 0.227 e. The van der Waals surface area contributed by atoms with Crippen molar-refractivity contribution in [2.45, 2.75) is 0 Å². The van der Waals surface area contributed by atoms with Crippen LogP contribution in [0.25, 0.3) is 88.8 Å². The summed E-state index contributed by atoms with van der Waals surface area (Å²) in [4.78, 5) is 21.8. The standard InChI is InChI=1S/C52H33N5O/c1-2-10-35(11-3-1)45-32-49(55-47-14-8-28-53-51(45)47)36-20-24-42(25-21-36)57(43-26-22-37(23-27-43)52-56-46-13-6-7-15-50(46)58-52)44-30-41-19-18-40(31-48(41)54-33-44)39-17-16-34-9-4-5-12-38(34)29-39/h1-33H. The zero-order valence-electron chi connectivity index (χ0n) is 31.2. The SMILES string of the molecule is c1ccc(-c2cc(-c3ccc(N(c4ccc(-c5nc6ccccc6o5)cc4)c4cnc5cc(-c6ccc7ccccc7c6)ccc5c4)cc3)nc3cccnc23)cc1. The van der Waals surface area contributed by atoms with Gasteiger partial charge in [0.25, 0.3) is 0 Å². The highest BCUT2D eigenvalue weighted by Crippen LogP contribution is 2.39. The molecule has 272 valence electrons. The number of hydrogen-bond acceptors (Lipinski definition) is 6. The molecule has 0 fully saturated rings. The van der Waals surface area contributed by atoms with E-state index in [1.54, 1.807) is 0 Å². The van der Waals surface area contributed by atoms with Crippen LogP contribution in [0.15, 0.2) is 205 Å². The Kier molecular flexibility index (Phi) is 8.04. The number of nitrogens with zero attached hydrogens (tertiary/aromatic N) is 5. The number of rotatable bonds is 7. The summed E-state index contributed by atoms with van der Waals surface area (Å²) in [7, 11) is 0. The summed E-state index contributed by atoms with van der Waals surface area (Å²) in [6.45, 7) is 0. The van der Waals surface area contributed by atoms with Crippen molar-refractivity contribution in [3.63, 3.8) is 0 Å². The first-order valence-electron chi connectivity index (χ1n) is 19.3. The van der Waals surface area contributed by atoms with Crippen molar-refractivity contribution < 1.29 is 4.42 Å². The molecule has 58 heavy (non-hydrogen) atoms. The van der Waals surface area contributed by atoms with Gasteiger partial charge in [-0.3, -0.25) is 9.97 Å². The van der Waals surface area contributed by atoms with Crippen LogP contribution in [0.1, 0.15) is 0 Å². The van der Waals surface area contributed by atoms with Crippen LogP contribution in [0.4, 0.5) is 17.1 Å². The number of anilines is 3. The van der Waals surface area contributed by atoms with Gasteiger partial charge in [-0.15, -0.1) is 0 Å². The van der Waals surface area contributed by atoms with Gasteiger partial charge in [-0.2, -0.15) is 0 Å². The van der Waals surface area contributed by atoms with E-state index in [1.807, 2.05) is 54.9 Å². The van der Waals surface area contributed by atoms with Crippen molar-refractivity contribution >= 4 is 60.9 Å². The van der Waals surface area contributed by atoms with Crippen LogP contribution in [0.5, 0.6) is 0 Å². The van der Waals surface area contributed by atoms with Crippen molar-refractivity contribution in [3.05, 3.63) is 200 Å². The number of aromatic nitrogens is 4. The zero-order valence-corrected chi connectivity index (χ0v) is 31.2. The summed E-state index contributed by atoms with van der Waals surface area (Å²) in [6, 6.07) is 65.0. The fourth-order valence-electron chi connectivity index (χ4n) is 7.81. The molecule has 0 aliphatic heterocycles. The van der Waals surface area contributed by atoms with E-state index >= 15 is 0 Å². The second-order valence-electron chi connectivity index (χ2n) is 14.4. The first-order valence-corrected chi connectivity index (χ1v) is 19.3. The maximum atomic E-state index is 6.11. The average molecular weight is 744 g/mol. The lowest BCUT2D eigenvalue weighted by Crippen LogP contribution is -2.10. The van der Waals surface area contributed by atoms with Crippen LogP contribution in [0.3, 0.4) is 0 Å². The molecule has 6 nitrogen and oxygen atoms in total. The van der Waals surface area contributed by atoms with Gasteiger partial charge in [0.05, 0.1) is 34.1 Å². The minimum absolute atomic E-state index is 0.589. The lowest BCUT2D eigenvalue weighted by atomic mass is 10.00. The summed E-state index contributed by atoms with van der Waals surface area (Å²) >= 11 is 0. The maximum Gasteiger partial charge on any atom is 0.227 e. The topological polar surface area (TPSA) is 67.9 Å². The molecule has 4 heterocycles. The van der Waals surface area contributed by atoms with Gasteiger partial charge in [-0.25, -0.2) is 9.97 Å². The first kappa shape index (κ1) is 33.4. The van der Waals surface area contributed by atoms with Crippen molar-refractivity contribution in [1.29, 1.82) is 0 Å². The molecule has 0 saturated heterocycles. The molecule has 6 heteroatoms. The highest BCUT2D eigenvalue weighted by Gasteiger charge is 2.17. The quantitative estimate of drug-likeness (QED) is 0.162. The van der Waals surface area contributed by atoms with Gasteiger partial charge in [-0.05, 0) is 112 Å². The summed E-state index contributed by atoms with van der Waals surface area (Å²) in [5, 5.41) is 3.50. The fourth-order valence-corrected chi connectivity index (χ4v) is 7.81. The molecule has 0 saturated carbocycles. The van der Waals surface area contributed by atoms with E-state index in [-0.39, 0.29) is 0 Å². The van der Waals surface area contributed by atoms with Gasteiger partial charge in [0, 0.05) is 39.6 Å². The van der Waals surface area contributed by atoms with Gasteiger partial charge in [0.1, 0.15) is 5.52 Å². The van der Waals surface area contributed by atoms with Crippen molar-refractivity contribution in [1.82, 2.24) is 19.9 Å². The van der Waals surface area contributed by atoms with E-state index in [2.05, 4.69) is 150 Å². The highest BCUT2D eigenvalue weighted by molar-refractivity contribution is 5.95. The van der Waals surface area contributed by atoms with Crippen LogP contribution in [0.2, 0.25) is 0 Å². The molecular weight excluding hydrogens is 711 g/mol. The summed E-state index contributed by atoms with van der Waals surface area (Å²) in [5.74, 6) is 0.589. The number of fused-ring (bicyclic) bond motifs is 4. The zero-order chi connectivity index (χ0) is 38.4. The summed E-state index contributed by atoms with van der Waals surface area (Å²) < 4.78 is 6.11. The number of hydrogen-bond donors (Lipinski definition) is 0. The van der Waals surface area contributed by atoms with Crippen molar-refractivity contribution in [2.24, 2.45) is 0 Å². The molecule has 0 bridgehead atoms. The monoisotopic (exact) mass is 743 g/mol. The minimum atomic E-state index is 0.589. The molecule has 11 aromatic rings. The Balaban J connectivity index is 0.988. The molecule has 0 amide bonds. The van der Waals surface area contributed by atoms with E-state index in [0.717, 1.165) is 83.6 Å². The molecule has 0 atom stereocenters. The van der Waals surface area contributed by atoms with E-state index in [9.17, 15) is 0 Å². The third-order valence-corrected chi connectivity index (χ3v) is 10.7. The normalized spacial score (nSPS) is 11.4. The molecule has 11 rings (SSSR count). The average Bonchev–Trinajstić information content (AvgIpc) is 3.74. The van der Waals surface area contributed by atoms with E-state index in [1.165, 1.54) is 16.3 Å². The van der Waals surface area contributed by atoms with E-state index < -0.39 is 0 Å². The van der Waals surface area contributed by atoms with Gasteiger partial charge >= 0.3 is 0 Å². The van der Waals surface area contributed by atoms with Crippen LogP contribution < -0.4 is 4.90 Å². The molecule has 0 radical (unpaired) electrons. The van der Waals surface area contributed by atoms with Gasteiger partial charge in [0.15, 0.2) is 5.58 Å². The molecule has 0 spiro atoms. The Morgan fingerprint density at radius 3 is 1.88 bits per heavy atom. The van der Waals surface area contributed by atoms with Gasteiger partial charge < -0.3 is 9.32 Å². The molecule has 4 aromatic heterocycles. The third-order valence-electron chi connectivity index (χ3n) is 10.7. The molecule has 0 N–H and O–H groups in total. The molecule has 0 aliphatic carbocycles. The Morgan fingerprint density at radius 1 is 0.397 bits per heavy atom. The molecule has 0 aliphatic rings. The molecule has 0 unspecified atom stereocenters. The second-order valence-corrected chi connectivity index (χ2v) is 14.4. The number of para-hydroxylation sites is 2. The lowest BCUT2D eigenvalue weighted by Gasteiger charge is -2.26. The molecular formula is C52H33N5O. The minimum Gasteiger partial charge on any atom is -0.436 e. The number of benzene rings is 7. The van der Waals surface area contributed by atoms with Crippen LogP contribution >= 0.6 is 0 Å². The fraction of sp³-hybridized carbons (Fsp3) is 0. The van der Waals surface area contributed by atoms with Crippen LogP contribution in [-0.4, -0.2) is 19.9 Å². The van der Waals surface area contributed by atoms with Crippen LogP contribution in [-0.2, 0) is 0 Å². The predicted molar refractivity (Wildman–Crippen MR) is 236 cm³/mol. The lowest BCUT2D eigenvalue weighted by molar-refractivity contribution is 0.620. The highest BCUT2D eigenvalue weighted by atomic mass is 16.3. The van der Waals surface area contributed by atoms with E-state index in [4.69, 9.17) is 24.4 Å². The van der Waals surface area contributed by atoms with Gasteiger partial charge in [-0.1, -0.05) is 103 Å². The van der Waals surface area contributed by atoms with Crippen LogP contribution in [0, 0.1) is 0 Å². The first-order chi connectivity index (χ1) is 28.7. The van der Waals surface area contributed by atoms with Gasteiger partial charge in [0.2, 0.25) is 5.89 Å². The largest absolute Gasteiger partial charge is 0.436 e. The number of pyridine rings is 3. The third kappa shape index (κ3) is 6.10. The number of oxazole rings is 1. The molecule has 7 aromatic carbocycles. The summed E-state index contributed by atoms with van der Waals surface area (Å²) in [6.07, 6.45) is 3.78.